The Hall–Kier alpha value is -4.75. The number of alkyl halides is 1. The summed E-state index contributed by atoms with van der Waals surface area (Å²) in [6.07, 6.45) is 7.12. The van der Waals surface area contributed by atoms with Crippen molar-refractivity contribution in [3.8, 4) is 34.1 Å². The summed E-state index contributed by atoms with van der Waals surface area (Å²) in [6, 6.07) is 30.7. The molecule has 1 saturated carbocycles. The molecule has 0 aliphatic heterocycles. The minimum absolute atomic E-state index is 0.0965. The van der Waals surface area contributed by atoms with Crippen molar-refractivity contribution in [1.82, 2.24) is 0 Å². The maximum absolute atomic E-state index is 13.1. The van der Waals surface area contributed by atoms with Crippen molar-refractivity contribution < 1.29 is 33.3 Å². The summed E-state index contributed by atoms with van der Waals surface area (Å²) in [5.74, 6) is 1.25. The molecule has 8 heteroatoms. The van der Waals surface area contributed by atoms with E-state index >= 15 is 0 Å². The first kappa shape index (κ1) is 34.6. The molecule has 7 nitrogen and oxygen atoms in total. The summed E-state index contributed by atoms with van der Waals surface area (Å²) in [7, 11) is 1.48. The van der Waals surface area contributed by atoms with Crippen molar-refractivity contribution >= 4 is 29.6 Å². The zero-order chi connectivity index (χ0) is 33.9. The number of carbonyl (C=O) groups is 2. The van der Waals surface area contributed by atoms with Crippen LogP contribution in [0.4, 0.5) is 0 Å². The fourth-order valence-corrected chi connectivity index (χ4v) is 5.77. The average Bonchev–Trinajstić information content (AvgIpc) is 3.11. The van der Waals surface area contributed by atoms with Crippen LogP contribution in [-0.4, -0.2) is 43.2 Å². The highest BCUT2D eigenvalue weighted by molar-refractivity contribution is 6.20. The van der Waals surface area contributed by atoms with Crippen LogP contribution in [-0.2, 0) is 14.3 Å². The van der Waals surface area contributed by atoms with Gasteiger partial charge in [0.25, 0.3) is 0 Å². The van der Waals surface area contributed by atoms with Crippen LogP contribution in [0, 0.1) is 0 Å². The van der Waals surface area contributed by atoms with Crippen molar-refractivity contribution in [3.05, 3.63) is 114 Å². The number of hydrogen-bond acceptors (Lipinski definition) is 7. The van der Waals surface area contributed by atoms with E-state index < -0.39 is 17.5 Å². The van der Waals surface area contributed by atoms with E-state index in [0.29, 0.717) is 28.7 Å². The molecule has 4 aromatic rings. The number of halogens is 1. The molecule has 1 fully saturated rings. The molecular formula is C40H41ClO7. The number of rotatable bonds is 13. The SMILES string of the molecule is COc1cc(/C=C/C(=O)OCCOc2ccc(-c3ccccc3)cc2)ccc1OC(=O)C(C)(C)Oc1ccc(C2CCC(Cl)CC2)cc1. The number of carbonyl (C=O) groups excluding carboxylic acids is 2. The van der Waals surface area contributed by atoms with Gasteiger partial charge < -0.3 is 23.7 Å². The van der Waals surface area contributed by atoms with Crippen LogP contribution in [0.3, 0.4) is 0 Å². The molecule has 0 amide bonds. The van der Waals surface area contributed by atoms with Gasteiger partial charge in [0.1, 0.15) is 24.7 Å². The molecule has 0 N–H and O–H groups in total. The van der Waals surface area contributed by atoms with Crippen LogP contribution in [0.5, 0.6) is 23.0 Å². The Morgan fingerprint density at radius 2 is 1.46 bits per heavy atom. The first-order chi connectivity index (χ1) is 23.2. The number of benzene rings is 4. The zero-order valence-electron chi connectivity index (χ0n) is 27.5. The average molecular weight is 669 g/mol. The number of methoxy groups -OCH3 is 1. The van der Waals surface area contributed by atoms with E-state index in [0.717, 1.165) is 36.8 Å². The second-order valence-electron chi connectivity index (χ2n) is 12.2. The quantitative estimate of drug-likeness (QED) is 0.0462. The second kappa shape index (κ2) is 16.4. The lowest BCUT2D eigenvalue weighted by molar-refractivity contribution is -0.149. The van der Waals surface area contributed by atoms with Gasteiger partial charge in [-0.15, -0.1) is 11.6 Å². The normalized spacial score (nSPS) is 16.2. The molecule has 0 radical (unpaired) electrons. The molecule has 1 aliphatic rings. The van der Waals surface area contributed by atoms with E-state index in [1.54, 1.807) is 38.1 Å². The monoisotopic (exact) mass is 668 g/mol. The number of hydrogen-bond donors (Lipinski definition) is 0. The summed E-state index contributed by atoms with van der Waals surface area (Å²) >= 11 is 6.26. The molecule has 250 valence electrons. The maximum atomic E-state index is 13.1. The standard InChI is InChI=1S/C40H41ClO7/c1-40(2,48-35-21-15-32(16-22-35)30-11-17-33(41)18-12-30)39(43)47-36-23-9-28(27-37(36)44-3)10-24-38(42)46-26-25-45-34-19-13-31(14-20-34)29-7-5-4-6-8-29/h4-10,13-16,19-24,27,30,33H,11-12,17-18,25-26H2,1-3H3/b24-10+. The van der Waals surface area contributed by atoms with Crippen molar-refractivity contribution in [3.63, 3.8) is 0 Å². The van der Waals surface area contributed by atoms with Crippen molar-refractivity contribution in [2.75, 3.05) is 20.3 Å². The first-order valence-electron chi connectivity index (χ1n) is 16.2. The highest BCUT2D eigenvalue weighted by atomic mass is 35.5. The van der Waals surface area contributed by atoms with E-state index in [2.05, 4.69) is 24.3 Å². The summed E-state index contributed by atoms with van der Waals surface area (Å²) in [5.41, 5.74) is 2.88. The van der Waals surface area contributed by atoms with E-state index in [-0.39, 0.29) is 24.3 Å². The Labute approximate surface area is 287 Å². The van der Waals surface area contributed by atoms with Crippen LogP contribution >= 0.6 is 11.6 Å². The predicted molar refractivity (Wildman–Crippen MR) is 188 cm³/mol. The van der Waals surface area contributed by atoms with Crippen LogP contribution in [0.1, 0.15) is 56.6 Å². The molecule has 0 saturated heterocycles. The maximum Gasteiger partial charge on any atom is 0.355 e. The molecule has 0 aromatic heterocycles. The summed E-state index contributed by atoms with van der Waals surface area (Å²) in [6.45, 7) is 3.64. The number of esters is 2. The lowest BCUT2D eigenvalue weighted by Crippen LogP contribution is -2.41. The van der Waals surface area contributed by atoms with Crippen LogP contribution < -0.4 is 18.9 Å². The second-order valence-corrected chi connectivity index (χ2v) is 12.8. The Morgan fingerprint density at radius 3 is 2.15 bits per heavy atom. The van der Waals surface area contributed by atoms with Gasteiger partial charge in [0.15, 0.2) is 11.5 Å². The van der Waals surface area contributed by atoms with Gasteiger partial charge in [0.2, 0.25) is 5.60 Å². The molecule has 0 bridgehead atoms. The number of ether oxygens (including phenoxy) is 5. The van der Waals surface area contributed by atoms with Crippen molar-refractivity contribution in [2.24, 2.45) is 0 Å². The van der Waals surface area contributed by atoms with Gasteiger partial charge in [-0.2, -0.15) is 0 Å². The van der Waals surface area contributed by atoms with Gasteiger partial charge in [-0.25, -0.2) is 9.59 Å². The predicted octanol–water partition coefficient (Wildman–Crippen LogP) is 9.03. The molecule has 0 atom stereocenters. The molecule has 1 aliphatic carbocycles. The third kappa shape index (κ3) is 9.64. The van der Waals surface area contributed by atoms with Crippen molar-refractivity contribution in [1.29, 1.82) is 0 Å². The zero-order valence-corrected chi connectivity index (χ0v) is 28.3. The fourth-order valence-electron chi connectivity index (χ4n) is 5.51. The lowest BCUT2D eigenvalue weighted by Gasteiger charge is -2.27. The summed E-state index contributed by atoms with van der Waals surface area (Å²) in [4.78, 5) is 25.4. The van der Waals surface area contributed by atoms with Crippen LogP contribution in [0.2, 0.25) is 0 Å². The van der Waals surface area contributed by atoms with Gasteiger partial charge in [0.05, 0.1) is 7.11 Å². The largest absolute Gasteiger partial charge is 0.493 e. The van der Waals surface area contributed by atoms with Gasteiger partial charge in [0, 0.05) is 11.5 Å². The summed E-state index contributed by atoms with van der Waals surface area (Å²) < 4.78 is 28.2. The third-order valence-electron chi connectivity index (χ3n) is 8.23. The molecule has 48 heavy (non-hydrogen) atoms. The molecule has 0 heterocycles. The van der Waals surface area contributed by atoms with Crippen molar-refractivity contribution in [2.45, 2.75) is 56.4 Å². The highest BCUT2D eigenvalue weighted by Gasteiger charge is 2.33. The Morgan fingerprint density at radius 1 is 0.792 bits per heavy atom. The van der Waals surface area contributed by atoms with E-state index in [9.17, 15) is 9.59 Å². The Kier molecular flexibility index (Phi) is 11.8. The van der Waals surface area contributed by atoms with Crippen LogP contribution in [0.25, 0.3) is 17.2 Å². The molecule has 5 rings (SSSR count). The highest BCUT2D eigenvalue weighted by Crippen LogP contribution is 2.36. The van der Waals surface area contributed by atoms with E-state index in [1.165, 1.54) is 18.7 Å². The van der Waals surface area contributed by atoms with Crippen LogP contribution in [0.15, 0.2) is 103 Å². The molecule has 4 aromatic carbocycles. The van der Waals surface area contributed by atoms with Gasteiger partial charge in [-0.3, -0.25) is 0 Å². The molecule has 0 unspecified atom stereocenters. The Bertz CT molecular complexity index is 1670. The lowest BCUT2D eigenvalue weighted by atomic mass is 9.84. The topological polar surface area (TPSA) is 80.3 Å². The third-order valence-corrected chi connectivity index (χ3v) is 8.67. The van der Waals surface area contributed by atoms with E-state index in [4.69, 9.17) is 35.3 Å². The van der Waals surface area contributed by atoms with Gasteiger partial charge in [-0.05, 0) is 110 Å². The minimum atomic E-state index is -1.26. The Balaban J connectivity index is 1.08. The molecule has 0 spiro atoms. The molecular weight excluding hydrogens is 628 g/mol. The minimum Gasteiger partial charge on any atom is -0.493 e. The fraction of sp³-hybridized carbons (Fsp3) is 0.300. The van der Waals surface area contributed by atoms with Gasteiger partial charge in [-0.1, -0.05) is 60.7 Å². The smallest absolute Gasteiger partial charge is 0.355 e. The first-order valence-corrected chi connectivity index (χ1v) is 16.6. The van der Waals surface area contributed by atoms with Gasteiger partial charge >= 0.3 is 11.9 Å². The van der Waals surface area contributed by atoms with E-state index in [1.807, 2.05) is 54.6 Å². The summed E-state index contributed by atoms with van der Waals surface area (Å²) in [5, 5.41) is 0.276.